The molecule has 0 rings (SSSR count). The van der Waals surface area contributed by atoms with Crippen molar-refractivity contribution in [3.8, 4) is 0 Å². The highest BCUT2D eigenvalue weighted by molar-refractivity contribution is 7.98. The first-order chi connectivity index (χ1) is 5.09. The largest absolute Gasteiger partial charge is 0.481 e. The summed E-state index contributed by atoms with van der Waals surface area (Å²) < 4.78 is 0. The Bertz CT molecular complexity index is 130. The van der Waals surface area contributed by atoms with Gasteiger partial charge in [0.25, 0.3) is 0 Å². The topological polar surface area (TPSA) is 63.3 Å². The van der Waals surface area contributed by atoms with E-state index in [2.05, 4.69) is 0 Å². The van der Waals surface area contributed by atoms with Crippen LogP contribution in [-0.2, 0) is 4.79 Å². The molecule has 0 aromatic rings. The number of thioether (sulfide) groups is 1. The van der Waals surface area contributed by atoms with Crippen molar-refractivity contribution in [1.29, 1.82) is 0 Å². The molecule has 0 bridgehead atoms. The lowest BCUT2D eigenvalue weighted by molar-refractivity contribution is -0.141. The summed E-state index contributed by atoms with van der Waals surface area (Å²) in [6.07, 6.45) is 2.76. The highest BCUT2D eigenvalue weighted by Gasteiger charge is 2.18. The molecule has 3 N–H and O–H groups in total. The minimum Gasteiger partial charge on any atom is -0.481 e. The Balaban J connectivity index is 3.63. The van der Waals surface area contributed by atoms with Gasteiger partial charge in [-0.3, -0.25) is 4.79 Å². The van der Waals surface area contributed by atoms with Gasteiger partial charge in [0.05, 0.1) is 5.92 Å². The predicted molar refractivity (Wildman–Crippen MR) is 47.8 cm³/mol. The van der Waals surface area contributed by atoms with Crippen molar-refractivity contribution < 1.29 is 9.90 Å². The highest BCUT2D eigenvalue weighted by Crippen LogP contribution is 2.07. The van der Waals surface area contributed by atoms with Crippen molar-refractivity contribution in [2.24, 2.45) is 11.7 Å². The third-order valence-corrected chi connectivity index (χ3v) is 2.33. The first-order valence-electron chi connectivity index (χ1n) is 3.57. The van der Waals surface area contributed by atoms with E-state index in [-0.39, 0.29) is 6.04 Å². The fraction of sp³-hybridized carbons (Fsp3) is 0.857. The molecule has 0 aromatic carbocycles. The van der Waals surface area contributed by atoms with Crippen molar-refractivity contribution in [2.75, 3.05) is 12.0 Å². The summed E-state index contributed by atoms with van der Waals surface area (Å²) >= 11 is 1.69. The van der Waals surface area contributed by atoms with Crippen LogP contribution in [0, 0.1) is 5.92 Å². The molecule has 0 saturated carbocycles. The molecule has 66 valence electrons. The first-order valence-corrected chi connectivity index (χ1v) is 4.96. The average Bonchev–Trinajstić information content (AvgIpc) is 1.98. The molecule has 0 spiro atoms. The Labute approximate surface area is 71.3 Å². The van der Waals surface area contributed by atoms with Crippen molar-refractivity contribution in [1.82, 2.24) is 0 Å². The molecule has 3 nitrogen and oxygen atoms in total. The number of carboxylic acid groups (broad SMARTS) is 1. The number of carboxylic acids is 1. The van der Waals surface area contributed by atoms with E-state index in [1.54, 1.807) is 18.7 Å². The summed E-state index contributed by atoms with van der Waals surface area (Å²) in [5.41, 5.74) is 5.61. The van der Waals surface area contributed by atoms with Gasteiger partial charge in [-0.15, -0.1) is 0 Å². The fourth-order valence-corrected chi connectivity index (χ4v) is 1.19. The third kappa shape index (κ3) is 4.27. The molecular formula is C7H15NO2S. The molecule has 2 atom stereocenters. The number of hydrogen-bond acceptors (Lipinski definition) is 3. The molecule has 0 aliphatic heterocycles. The normalized spacial score (nSPS) is 15.9. The van der Waals surface area contributed by atoms with E-state index in [4.69, 9.17) is 10.8 Å². The molecule has 0 amide bonds. The van der Waals surface area contributed by atoms with E-state index in [0.29, 0.717) is 0 Å². The van der Waals surface area contributed by atoms with Crippen LogP contribution >= 0.6 is 11.8 Å². The second kappa shape index (κ2) is 5.43. The monoisotopic (exact) mass is 177 g/mol. The van der Waals surface area contributed by atoms with Gasteiger partial charge in [-0.25, -0.2) is 0 Å². The molecule has 0 heterocycles. The average molecular weight is 177 g/mol. The van der Waals surface area contributed by atoms with Crippen LogP contribution in [0.1, 0.15) is 13.3 Å². The van der Waals surface area contributed by atoms with E-state index in [1.165, 1.54) is 0 Å². The van der Waals surface area contributed by atoms with Crippen LogP contribution in [0.4, 0.5) is 0 Å². The molecule has 4 heteroatoms. The van der Waals surface area contributed by atoms with E-state index in [0.717, 1.165) is 12.2 Å². The number of carbonyl (C=O) groups is 1. The van der Waals surface area contributed by atoms with Gasteiger partial charge >= 0.3 is 5.97 Å². The second-order valence-corrected chi connectivity index (χ2v) is 3.56. The van der Waals surface area contributed by atoms with Crippen LogP contribution in [0.3, 0.4) is 0 Å². The van der Waals surface area contributed by atoms with Gasteiger partial charge in [-0.05, 0) is 18.4 Å². The number of nitrogens with two attached hydrogens (primary N) is 1. The lowest BCUT2D eigenvalue weighted by Gasteiger charge is -2.14. The lowest BCUT2D eigenvalue weighted by atomic mass is 10.0. The molecule has 0 aromatic heterocycles. The molecule has 0 fully saturated rings. The smallest absolute Gasteiger partial charge is 0.307 e. The summed E-state index contributed by atoms with van der Waals surface area (Å²) in [4.78, 5) is 10.4. The SMILES string of the molecule is CSCC[C@@H](N)C(C)C(=O)O. The van der Waals surface area contributed by atoms with Gasteiger partial charge in [0.15, 0.2) is 0 Å². The Hall–Kier alpha value is -0.220. The maximum Gasteiger partial charge on any atom is 0.307 e. The van der Waals surface area contributed by atoms with Crippen LogP contribution < -0.4 is 5.73 Å². The number of rotatable bonds is 5. The van der Waals surface area contributed by atoms with Gasteiger partial charge in [-0.1, -0.05) is 6.92 Å². The molecule has 0 aliphatic carbocycles. The quantitative estimate of drug-likeness (QED) is 0.651. The highest BCUT2D eigenvalue weighted by atomic mass is 32.2. The third-order valence-electron chi connectivity index (χ3n) is 1.69. The molecule has 0 radical (unpaired) electrons. The van der Waals surface area contributed by atoms with Crippen LogP contribution in [-0.4, -0.2) is 29.1 Å². The molecule has 11 heavy (non-hydrogen) atoms. The summed E-state index contributed by atoms with van der Waals surface area (Å²) in [7, 11) is 0. The first kappa shape index (κ1) is 10.8. The van der Waals surface area contributed by atoms with Crippen LogP contribution in [0.2, 0.25) is 0 Å². The fourth-order valence-electron chi connectivity index (χ4n) is 0.687. The molecule has 0 aliphatic rings. The van der Waals surface area contributed by atoms with Crippen molar-refractivity contribution in [3.05, 3.63) is 0 Å². The summed E-state index contributed by atoms with van der Waals surface area (Å²) in [6.45, 7) is 1.65. The predicted octanol–water partition coefficient (Wildman–Crippen LogP) is 0.788. The molecule has 0 saturated heterocycles. The maximum atomic E-state index is 10.4. The van der Waals surface area contributed by atoms with E-state index in [1.807, 2.05) is 6.26 Å². The maximum absolute atomic E-state index is 10.4. The number of hydrogen-bond donors (Lipinski definition) is 2. The minimum absolute atomic E-state index is 0.208. The van der Waals surface area contributed by atoms with Crippen LogP contribution in [0.5, 0.6) is 0 Å². The van der Waals surface area contributed by atoms with Gasteiger partial charge in [0.2, 0.25) is 0 Å². The van der Waals surface area contributed by atoms with E-state index < -0.39 is 11.9 Å². The van der Waals surface area contributed by atoms with E-state index >= 15 is 0 Å². The Morgan fingerprint density at radius 2 is 2.27 bits per heavy atom. The zero-order valence-corrected chi connectivity index (χ0v) is 7.73. The zero-order chi connectivity index (χ0) is 8.85. The van der Waals surface area contributed by atoms with Crippen molar-refractivity contribution in [2.45, 2.75) is 19.4 Å². The van der Waals surface area contributed by atoms with Gasteiger partial charge in [0.1, 0.15) is 0 Å². The summed E-state index contributed by atoms with van der Waals surface area (Å²) in [5.74, 6) is -0.306. The number of aliphatic carboxylic acids is 1. The summed E-state index contributed by atoms with van der Waals surface area (Å²) in [6, 6.07) is -0.208. The van der Waals surface area contributed by atoms with Gasteiger partial charge in [-0.2, -0.15) is 11.8 Å². The standard InChI is InChI=1S/C7H15NO2S/c1-5(7(9)10)6(8)3-4-11-2/h5-6H,3-4,8H2,1-2H3,(H,9,10)/t5?,6-/m1/s1. The lowest BCUT2D eigenvalue weighted by Crippen LogP contribution is -2.33. The summed E-state index contributed by atoms with van der Waals surface area (Å²) in [5, 5.41) is 8.56. The van der Waals surface area contributed by atoms with Crippen LogP contribution in [0.25, 0.3) is 0 Å². The Kier molecular flexibility index (Phi) is 5.32. The van der Waals surface area contributed by atoms with Crippen molar-refractivity contribution in [3.63, 3.8) is 0 Å². The second-order valence-electron chi connectivity index (χ2n) is 2.57. The van der Waals surface area contributed by atoms with Crippen molar-refractivity contribution >= 4 is 17.7 Å². The zero-order valence-electron chi connectivity index (χ0n) is 6.91. The molecular weight excluding hydrogens is 162 g/mol. The molecule has 1 unspecified atom stereocenters. The van der Waals surface area contributed by atoms with E-state index in [9.17, 15) is 4.79 Å². The van der Waals surface area contributed by atoms with Crippen LogP contribution in [0.15, 0.2) is 0 Å². The Morgan fingerprint density at radius 1 is 1.73 bits per heavy atom. The van der Waals surface area contributed by atoms with Gasteiger partial charge in [0, 0.05) is 6.04 Å². The minimum atomic E-state index is -0.807. The Morgan fingerprint density at radius 3 is 2.64 bits per heavy atom. The van der Waals surface area contributed by atoms with Gasteiger partial charge < -0.3 is 10.8 Å².